The number of hydrogen-bond acceptors (Lipinski definition) is 3. The first kappa shape index (κ1) is 19.8. The van der Waals surface area contributed by atoms with Crippen molar-refractivity contribution in [2.45, 2.75) is 46.7 Å². The highest BCUT2D eigenvalue weighted by Gasteiger charge is 2.21. The highest BCUT2D eigenvalue weighted by atomic mass is 28.3. The van der Waals surface area contributed by atoms with Gasteiger partial charge in [-0.25, -0.2) is 4.79 Å². The maximum absolute atomic E-state index is 10.8. The van der Waals surface area contributed by atoms with E-state index in [2.05, 4.69) is 25.6 Å². The molecule has 0 aliphatic carbocycles. The molecule has 0 aromatic heterocycles. The molecule has 0 aliphatic heterocycles. The van der Waals surface area contributed by atoms with Crippen molar-refractivity contribution in [1.82, 2.24) is 0 Å². The average molecular weight is 308 g/mol. The van der Waals surface area contributed by atoms with Gasteiger partial charge in [0.2, 0.25) is 0 Å². The van der Waals surface area contributed by atoms with Gasteiger partial charge in [0.05, 0.1) is 8.07 Å². The Morgan fingerprint density at radius 2 is 1.57 bits per heavy atom. The van der Waals surface area contributed by atoms with Crippen LogP contribution in [0.2, 0.25) is 19.6 Å². The largest absolute Gasteiger partial charge is 0.353 e. The molecule has 0 heterocycles. The van der Waals surface area contributed by atoms with Crippen LogP contribution in [0.5, 0.6) is 0 Å². The summed E-state index contributed by atoms with van der Waals surface area (Å²) in [6.45, 7) is 13.7. The maximum atomic E-state index is 10.8. The highest BCUT2D eigenvalue weighted by molar-refractivity contribution is 6.95. The number of hydrogen-bond donors (Lipinski definition) is 0. The van der Waals surface area contributed by atoms with Crippen LogP contribution in [0.3, 0.4) is 0 Å². The van der Waals surface area contributed by atoms with E-state index >= 15 is 0 Å². The first-order valence-electron chi connectivity index (χ1n) is 7.41. The van der Waals surface area contributed by atoms with E-state index in [1.54, 1.807) is 0 Å². The van der Waals surface area contributed by atoms with Crippen molar-refractivity contribution < 1.29 is 14.3 Å². The lowest BCUT2D eigenvalue weighted by Gasteiger charge is -2.16. The summed E-state index contributed by atoms with van der Waals surface area (Å²) in [7, 11) is -1.53. The van der Waals surface area contributed by atoms with Crippen molar-refractivity contribution in [1.29, 1.82) is 0 Å². The van der Waals surface area contributed by atoms with Crippen molar-refractivity contribution in [3.05, 3.63) is 35.9 Å². The molecule has 0 bridgehead atoms. The Bertz CT molecular complexity index is 425. The van der Waals surface area contributed by atoms with Crippen LogP contribution in [0.15, 0.2) is 30.3 Å². The molecular formula is C17H28O3Si. The van der Waals surface area contributed by atoms with E-state index in [-0.39, 0.29) is 6.29 Å². The van der Waals surface area contributed by atoms with Crippen LogP contribution in [0, 0.1) is 0 Å². The molecule has 1 aromatic carbocycles. The summed E-state index contributed by atoms with van der Waals surface area (Å²) < 4.78 is 10.1. The molecule has 3 nitrogen and oxygen atoms in total. The molecule has 0 fully saturated rings. The Morgan fingerprint density at radius 1 is 1.10 bits per heavy atom. The number of benzene rings is 1. The maximum Gasteiger partial charge on any atom is 0.154 e. The smallest absolute Gasteiger partial charge is 0.154 e. The van der Waals surface area contributed by atoms with Gasteiger partial charge in [-0.3, -0.25) is 0 Å². The molecule has 0 radical (unpaired) electrons. The molecule has 0 saturated carbocycles. The molecule has 0 aliphatic rings. The minimum absolute atomic E-state index is 0.0370. The van der Waals surface area contributed by atoms with Gasteiger partial charge >= 0.3 is 0 Å². The van der Waals surface area contributed by atoms with Crippen molar-refractivity contribution in [2.24, 2.45) is 0 Å². The minimum Gasteiger partial charge on any atom is -0.353 e. The second-order valence-electron chi connectivity index (χ2n) is 5.57. The molecule has 0 amide bonds. The Hall–Kier alpha value is -1.19. The van der Waals surface area contributed by atoms with Gasteiger partial charge in [-0.05, 0) is 26.3 Å². The molecule has 4 heteroatoms. The highest BCUT2D eigenvalue weighted by Crippen LogP contribution is 2.22. The summed E-state index contributed by atoms with van der Waals surface area (Å²) in [6, 6.07) is 9.80. The molecule has 0 unspecified atom stereocenters. The number of ether oxygens (including phenoxy) is 2. The van der Waals surface area contributed by atoms with E-state index in [1.807, 2.05) is 51.1 Å². The topological polar surface area (TPSA) is 35.5 Å². The average Bonchev–Trinajstić information content (AvgIpc) is 2.40. The van der Waals surface area contributed by atoms with Gasteiger partial charge in [0.25, 0.3) is 0 Å². The van der Waals surface area contributed by atoms with Gasteiger partial charge in [-0.15, -0.1) is 0 Å². The summed E-state index contributed by atoms with van der Waals surface area (Å²) in [5, 5.41) is 0.869. The summed E-state index contributed by atoms with van der Waals surface area (Å²) in [6.07, 6.45) is -0.0370. The quantitative estimate of drug-likeness (QED) is 0.449. The number of carbonyl (C=O) groups excluding carboxylic acids is 1. The fraction of sp³-hybridized carbons (Fsp3) is 0.529. The summed E-state index contributed by atoms with van der Waals surface area (Å²) >= 11 is 0. The zero-order valence-corrected chi connectivity index (χ0v) is 15.1. The summed E-state index contributed by atoms with van der Waals surface area (Å²) in [5.41, 5.74) is 1.02. The van der Waals surface area contributed by atoms with Crippen LogP contribution in [0.25, 0.3) is 5.20 Å². The third kappa shape index (κ3) is 8.63. The molecule has 0 N–H and O–H groups in total. The van der Waals surface area contributed by atoms with Crippen LogP contribution in [0.1, 0.15) is 26.3 Å². The lowest BCUT2D eigenvalue weighted by molar-refractivity contribution is -0.123. The molecule has 1 rings (SSSR count). The van der Waals surface area contributed by atoms with Crippen LogP contribution in [-0.4, -0.2) is 33.5 Å². The Kier molecular flexibility index (Phi) is 9.92. The van der Waals surface area contributed by atoms with Crippen LogP contribution < -0.4 is 0 Å². The van der Waals surface area contributed by atoms with Crippen LogP contribution >= 0.6 is 0 Å². The molecular weight excluding hydrogens is 280 g/mol. The van der Waals surface area contributed by atoms with Crippen LogP contribution in [-0.2, 0) is 14.3 Å². The van der Waals surface area contributed by atoms with Gasteiger partial charge in [0, 0.05) is 18.4 Å². The Labute approximate surface area is 130 Å². The van der Waals surface area contributed by atoms with Gasteiger partial charge < -0.3 is 9.47 Å². The molecule has 118 valence electrons. The SMILES string of the molecule is CCOC(C)OCC.C[Si](C)(C)C(=C=O)c1ccccc1. The van der Waals surface area contributed by atoms with E-state index in [1.165, 1.54) is 0 Å². The van der Waals surface area contributed by atoms with Gasteiger partial charge in [0.15, 0.2) is 6.29 Å². The second kappa shape index (κ2) is 10.5. The Morgan fingerprint density at radius 3 is 1.90 bits per heavy atom. The lowest BCUT2D eigenvalue weighted by Crippen LogP contribution is -2.23. The fourth-order valence-corrected chi connectivity index (χ4v) is 3.11. The zero-order chi connectivity index (χ0) is 16.3. The summed E-state index contributed by atoms with van der Waals surface area (Å²) in [4.78, 5) is 10.8. The molecule has 0 spiro atoms. The van der Waals surface area contributed by atoms with Gasteiger partial charge in [-0.2, -0.15) is 0 Å². The van der Waals surface area contributed by atoms with Gasteiger partial charge in [-0.1, -0.05) is 50.0 Å². The molecule has 0 atom stereocenters. The van der Waals surface area contributed by atoms with Crippen molar-refractivity contribution in [3.63, 3.8) is 0 Å². The lowest BCUT2D eigenvalue weighted by atomic mass is 10.2. The molecule has 21 heavy (non-hydrogen) atoms. The summed E-state index contributed by atoms with van der Waals surface area (Å²) in [5.74, 6) is 2.09. The zero-order valence-electron chi connectivity index (χ0n) is 14.1. The van der Waals surface area contributed by atoms with E-state index < -0.39 is 8.07 Å². The standard InChI is InChI=1S/C11H14OSi.C6H14O2/c1-13(2,3)11(9-12)10-7-5-4-6-8-10;1-4-7-6(3)8-5-2/h4-8H,1-3H3;6H,4-5H2,1-3H3. The third-order valence-corrected chi connectivity index (χ3v) is 4.61. The monoisotopic (exact) mass is 308 g/mol. The second-order valence-corrected chi connectivity index (χ2v) is 10.6. The predicted octanol–water partition coefficient (Wildman–Crippen LogP) is 4.18. The van der Waals surface area contributed by atoms with E-state index in [9.17, 15) is 4.79 Å². The van der Waals surface area contributed by atoms with E-state index in [0.717, 1.165) is 24.0 Å². The normalized spacial score (nSPS) is 10.6. The van der Waals surface area contributed by atoms with Crippen molar-refractivity contribution >= 4 is 19.2 Å². The first-order chi connectivity index (χ1) is 9.86. The molecule has 1 aromatic rings. The number of rotatable bonds is 6. The molecule has 0 saturated heterocycles. The van der Waals surface area contributed by atoms with E-state index in [4.69, 9.17) is 9.47 Å². The first-order valence-corrected chi connectivity index (χ1v) is 10.9. The Balaban J connectivity index is 0.000000433. The van der Waals surface area contributed by atoms with Crippen molar-refractivity contribution in [3.8, 4) is 0 Å². The van der Waals surface area contributed by atoms with E-state index in [0.29, 0.717) is 0 Å². The third-order valence-electron chi connectivity index (χ3n) is 2.72. The van der Waals surface area contributed by atoms with Crippen molar-refractivity contribution in [2.75, 3.05) is 13.2 Å². The predicted molar refractivity (Wildman–Crippen MR) is 91.6 cm³/mol. The fourth-order valence-electron chi connectivity index (χ4n) is 1.77. The minimum atomic E-state index is -1.53. The van der Waals surface area contributed by atoms with Gasteiger partial charge in [0.1, 0.15) is 5.94 Å². The van der Waals surface area contributed by atoms with Crippen LogP contribution in [0.4, 0.5) is 0 Å².